The highest BCUT2D eigenvalue weighted by atomic mass is 35.5. The van der Waals surface area contributed by atoms with E-state index in [4.69, 9.17) is 11.6 Å². The van der Waals surface area contributed by atoms with Gasteiger partial charge in [-0.15, -0.1) is 0 Å². The molecule has 134 valence electrons. The summed E-state index contributed by atoms with van der Waals surface area (Å²) in [6.07, 6.45) is 10.8. The molecule has 2 aromatic rings. The van der Waals surface area contributed by atoms with Crippen LogP contribution in [0.15, 0.2) is 30.3 Å². The summed E-state index contributed by atoms with van der Waals surface area (Å²) < 4.78 is 14.6. The van der Waals surface area contributed by atoms with Gasteiger partial charge >= 0.3 is 0 Å². The molecule has 0 N–H and O–H groups in total. The fraction of sp³-hybridized carbons (Fsp3) is 0.565. The van der Waals surface area contributed by atoms with Crippen molar-refractivity contribution in [3.63, 3.8) is 0 Å². The summed E-state index contributed by atoms with van der Waals surface area (Å²) in [5.74, 6) is 3.15. The maximum atomic E-state index is 14.6. The number of halogens is 2. The van der Waals surface area contributed by atoms with E-state index in [1.807, 2.05) is 12.1 Å². The Morgan fingerprint density at radius 3 is 2.64 bits per heavy atom. The van der Waals surface area contributed by atoms with Crippen LogP contribution in [0.3, 0.4) is 0 Å². The lowest BCUT2D eigenvalue weighted by Crippen LogP contribution is -2.30. The Hall–Kier alpha value is -1.08. The Labute approximate surface area is 155 Å². The highest BCUT2D eigenvalue weighted by Crippen LogP contribution is 2.48. The Kier molecular flexibility index (Phi) is 5.04. The zero-order valence-corrected chi connectivity index (χ0v) is 15.9. The van der Waals surface area contributed by atoms with Crippen LogP contribution in [0.4, 0.5) is 4.39 Å². The molecule has 2 aromatic carbocycles. The molecule has 0 saturated heterocycles. The first kappa shape index (κ1) is 17.3. The highest BCUT2D eigenvalue weighted by molar-refractivity contribution is 6.31. The van der Waals surface area contributed by atoms with Crippen molar-refractivity contribution in [2.24, 2.45) is 17.8 Å². The monoisotopic (exact) mass is 358 g/mol. The molecule has 0 radical (unpaired) electrons. The number of rotatable bonds is 3. The van der Waals surface area contributed by atoms with Gasteiger partial charge in [-0.1, -0.05) is 49.9 Å². The first-order valence-corrected chi connectivity index (χ1v) is 10.4. The fourth-order valence-corrected chi connectivity index (χ4v) is 5.67. The summed E-state index contributed by atoms with van der Waals surface area (Å²) in [5.41, 5.74) is 1.20. The molecular formula is C23H28ClF. The summed E-state index contributed by atoms with van der Waals surface area (Å²) in [7, 11) is 0. The summed E-state index contributed by atoms with van der Waals surface area (Å²) in [6.45, 7) is 2.31. The van der Waals surface area contributed by atoms with Gasteiger partial charge in [-0.05, 0) is 84.9 Å². The fourth-order valence-electron chi connectivity index (χ4n) is 5.50. The number of benzene rings is 2. The minimum absolute atomic E-state index is 0.122. The summed E-state index contributed by atoms with van der Waals surface area (Å²) in [6, 6.07) is 9.52. The molecule has 2 aliphatic rings. The van der Waals surface area contributed by atoms with Crippen molar-refractivity contribution in [1.82, 2.24) is 0 Å². The molecular weight excluding hydrogens is 331 g/mol. The second-order valence-corrected chi connectivity index (χ2v) is 8.80. The van der Waals surface area contributed by atoms with Gasteiger partial charge in [-0.3, -0.25) is 0 Å². The Morgan fingerprint density at radius 1 is 1.00 bits per heavy atom. The molecule has 4 rings (SSSR count). The van der Waals surface area contributed by atoms with Crippen LogP contribution in [0.2, 0.25) is 5.02 Å². The number of hydrogen-bond donors (Lipinski definition) is 0. The average Bonchev–Trinajstić information content (AvgIpc) is 2.62. The SMILES string of the molecule is CCC[C@@H]1CC[C@@H]2CC(c3cc(F)c4cc(Cl)ccc4c3)CCC2C1. The van der Waals surface area contributed by atoms with Crippen LogP contribution in [-0.4, -0.2) is 0 Å². The third kappa shape index (κ3) is 3.58. The minimum atomic E-state index is -0.122. The lowest BCUT2D eigenvalue weighted by atomic mass is 9.63. The van der Waals surface area contributed by atoms with Gasteiger partial charge in [0.1, 0.15) is 5.82 Å². The molecule has 2 aliphatic carbocycles. The summed E-state index contributed by atoms with van der Waals surface area (Å²) in [4.78, 5) is 0. The topological polar surface area (TPSA) is 0 Å². The highest BCUT2D eigenvalue weighted by Gasteiger charge is 2.35. The molecule has 4 atom stereocenters. The van der Waals surface area contributed by atoms with Crippen molar-refractivity contribution in [3.05, 3.63) is 46.7 Å². The maximum absolute atomic E-state index is 14.6. The van der Waals surface area contributed by atoms with E-state index in [2.05, 4.69) is 13.0 Å². The van der Waals surface area contributed by atoms with Gasteiger partial charge in [-0.2, -0.15) is 0 Å². The largest absolute Gasteiger partial charge is 0.206 e. The van der Waals surface area contributed by atoms with Crippen LogP contribution in [0.25, 0.3) is 10.8 Å². The van der Waals surface area contributed by atoms with Gasteiger partial charge in [0.2, 0.25) is 0 Å². The van der Waals surface area contributed by atoms with Crippen molar-refractivity contribution >= 4 is 22.4 Å². The lowest BCUT2D eigenvalue weighted by Gasteiger charge is -2.42. The molecule has 0 heterocycles. The molecule has 2 heteroatoms. The van der Waals surface area contributed by atoms with Crippen molar-refractivity contribution in [3.8, 4) is 0 Å². The van der Waals surface area contributed by atoms with Crippen LogP contribution in [0.1, 0.15) is 69.8 Å². The van der Waals surface area contributed by atoms with E-state index in [9.17, 15) is 4.39 Å². The summed E-state index contributed by atoms with van der Waals surface area (Å²) >= 11 is 6.02. The van der Waals surface area contributed by atoms with Gasteiger partial charge in [0.05, 0.1) is 0 Å². The zero-order chi connectivity index (χ0) is 17.4. The van der Waals surface area contributed by atoms with Crippen molar-refractivity contribution in [1.29, 1.82) is 0 Å². The molecule has 0 aromatic heterocycles. The van der Waals surface area contributed by atoms with Crippen LogP contribution >= 0.6 is 11.6 Å². The molecule has 2 fully saturated rings. The van der Waals surface area contributed by atoms with E-state index in [1.165, 1.54) is 56.9 Å². The molecule has 2 unspecified atom stereocenters. The Bertz CT molecular complexity index is 753. The Morgan fingerprint density at radius 2 is 1.80 bits per heavy atom. The quantitative estimate of drug-likeness (QED) is 0.526. The second kappa shape index (κ2) is 7.27. The summed E-state index contributed by atoms with van der Waals surface area (Å²) in [5, 5.41) is 2.22. The van der Waals surface area contributed by atoms with Crippen LogP contribution < -0.4 is 0 Å². The van der Waals surface area contributed by atoms with E-state index in [1.54, 1.807) is 12.1 Å². The van der Waals surface area contributed by atoms with Crippen molar-refractivity contribution in [2.75, 3.05) is 0 Å². The van der Waals surface area contributed by atoms with Gasteiger partial charge in [0.25, 0.3) is 0 Å². The number of fused-ring (bicyclic) bond motifs is 2. The lowest BCUT2D eigenvalue weighted by molar-refractivity contribution is 0.114. The van der Waals surface area contributed by atoms with E-state index >= 15 is 0 Å². The van der Waals surface area contributed by atoms with Crippen LogP contribution in [0, 0.1) is 23.6 Å². The van der Waals surface area contributed by atoms with Crippen LogP contribution in [-0.2, 0) is 0 Å². The second-order valence-electron chi connectivity index (χ2n) is 8.37. The maximum Gasteiger partial charge on any atom is 0.131 e. The molecule has 0 bridgehead atoms. The third-order valence-electron chi connectivity index (χ3n) is 6.78. The van der Waals surface area contributed by atoms with E-state index in [0.29, 0.717) is 16.3 Å². The average molecular weight is 359 g/mol. The molecule has 2 saturated carbocycles. The van der Waals surface area contributed by atoms with E-state index < -0.39 is 0 Å². The zero-order valence-electron chi connectivity index (χ0n) is 15.1. The molecule has 25 heavy (non-hydrogen) atoms. The predicted octanol–water partition coefficient (Wildman–Crippen LogP) is 7.73. The normalized spacial score (nSPS) is 29.6. The Balaban J connectivity index is 1.52. The molecule has 0 aliphatic heterocycles. The van der Waals surface area contributed by atoms with Crippen molar-refractivity contribution in [2.45, 2.75) is 64.2 Å². The minimum Gasteiger partial charge on any atom is -0.206 e. The third-order valence-corrected chi connectivity index (χ3v) is 7.01. The van der Waals surface area contributed by atoms with E-state index in [-0.39, 0.29) is 5.82 Å². The van der Waals surface area contributed by atoms with Gasteiger partial charge < -0.3 is 0 Å². The predicted molar refractivity (Wildman–Crippen MR) is 105 cm³/mol. The van der Waals surface area contributed by atoms with Gasteiger partial charge in [0.15, 0.2) is 0 Å². The van der Waals surface area contributed by atoms with Gasteiger partial charge in [0, 0.05) is 10.4 Å². The first-order valence-electron chi connectivity index (χ1n) is 10.0. The van der Waals surface area contributed by atoms with Gasteiger partial charge in [-0.25, -0.2) is 4.39 Å². The van der Waals surface area contributed by atoms with E-state index in [0.717, 1.165) is 23.1 Å². The van der Waals surface area contributed by atoms with Crippen LogP contribution in [0.5, 0.6) is 0 Å². The van der Waals surface area contributed by atoms with Crippen molar-refractivity contribution < 1.29 is 4.39 Å². The number of hydrogen-bond acceptors (Lipinski definition) is 0. The molecule has 0 amide bonds. The standard InChI is InChI=1S/C23H28ClF/c1-2-3-15-4-5-17-11-18(7-6-16(17)10-15)20-12-19-8-9-21(24)14-22(19)23(25)13-20/h8-9,12-18H,2-7,10-11H2,1H3/t15-,16?,17-,18?/m1/s1. The first-order chi connectivity index (χ1) is 12.1. The molecule has 0 nitrogen and oxygen atoms in total. The smallest absolute Gasteiger partial charge is 0.131 e. The molecule has 0 spiro atoms.